The van der Waals surface area contributed by atoms with Crippen LogP contribution in [0.2, 0.25) is 0 Å². The van der Waals surface area contributed by atoms with E-state index in [0.29, 0.717) is 12.6 Å². The molecule has 2 aliphatic rings. The maximum atomic E-state index is 12.7. The lowest BCUT2D eigenvalue weighted by Crippen LogP contribution is -2.53. The summed E-state index contributed by atoms with van der Waals surface area (Å²) in [5.41, 5.74) is 0.754. The molecule has 1 aromatic carbocycles. The van der Waals surface area contributed by atoms with Crippen LogP contribution in [0.15, 0.2) is 24.3 Å². The second-order valence-corrected chi connectivity index (χ2v) is 7.18. The quantitative estimate of drug-likeness (QED) is 0.821. The first-order valence-electron chi connectivity index (χ1n) is 9.62. The SMILES string of the molecule is CCOc1ccc(C(=O)N2CCN(C[C@@H]3CCCCN3C)CC2)cc1. The maximum absolute atomic E-state index is 12.7. The number of amides is 1. The number of benzene rings is 1. The minimum atomic E-state index is 0.137. The molecule has 25 heavy (non-hydrogen) atoms. The Bertz CT molecular complexity index is 553. The van der Waals surface area contributed by atoms with Crippen LogP contribution in [0.25, 0.3) is 0 Å². The molecule has 0 aliphatic carbocycles. The first kappa shape index (κ1) is 18.2. The van der Waals surface area contributed by atoms with E-state index in [1.54, 1.807) is 0 Å². The Morgan fingerprint density at radius 1 is 1.08 bits per heavy atom. The average molecular weight is 345 g/mol. The van der Waals surface area contributed by atoms with Gasteiger partial charge in [-0.3, -0.25) is 9.69 Å². The summed E-state index contributed by atoms with van der Waals surface area (Å²) in [5.74, 6) is 0.956. The van der Waals surface area contributed by atoms with Gasteiger partial charge >= 0.3 is 0 Å². The number of rotatable bonds is 5. The van der Waals surface area contributed by atoms with E-state index in [1.807, 2.05) is 36.1 Å². The third-order valence-electron chi connectivity index (χ3n) is 5.46. The van der Waals surface area contributed by atoms with Crippen LogP contribution in [0.5, 0.6) is 5.75 Å². The highest BCUT2D eigenvalue weighted by Gasteiger charge is 2.26. The predicted octanol–water partition coefficient (Wildman–Crippen LogP) is 2.33. The monoisotopic (exact) mass is 345 g/mol. The smallest absolute Gasteiger partial charge is 0.253 e. The third-order valence-corrected chi connectivity index (χ3v) is 5.46. The van der Waals surface area contributed by atoms with E-state index in [4.69, 9.17) is 4.74 Å². The van der Waals surface area contributed by atoms with E-state index in [-0.39, 0.29) is 5.91 Å². The van der Waals surface area contributed by atoms with Gasteiger partial charge in [0.2, 0.25) is 0 Å². The van der Waals surface area contributed by atoms with Gasteiger partial charge in [-0.05, 0) is 57.6 Å². The molecule has 0 N–H and O–H groups in total. The second kappa shape index (κ2) is 8.68. The number of carbonyl (C=O) groups is 1. The van der Waals surface area contributed by atoms with Gasteiger partial charge in [0, 0.05) is 44.3 Å². The number of piperazine rings is 1. The largest absolute Gasteiger partial charge is 0.494 e. The number of ether oxygens (including phenoxy) is 1. The molecule has 2 aliphatic heterocycles. The van der Waals surface area contributed by atoms with E-state index in [0.717, 1.165) is 44.0 Å². The fraction of sp³-hybridized carbons (Fsp3) is 0.650. The van der Waals surface area contributed by atoms with Crippen molar-refractivity contribution in [2.75, 3.05) is 52.9 Å². The molecule has 5 nitrogen and oxygen atoms in total. The number of likely N-dealkylation sites (N-methyl/N-ethyl adjacent to an activating group) is 1. The van der Waals surface area contributed by atoms with E-state index >= 15 is 0 Å². The zero-order valence-electron chi connectivity index (χ0n) is 15.6. The Labute approximate surface area is 151 Å². The molecule has 5 heteroatoms. The van der Waals surface area contributed by atoms with E-state index in [2.05, 4.69) is 16.8 Å². The number of hydrogen-bond donors (Lipinski definition) is 0. The standard InChI is InChI=1S/C20H31N3O2/c1-3-25-19-9-7-17(8-10-19)20(24)23-14-12-22(13-15-23)16-18-6-4-5-11-21(18)2/h7-10,18H,3-6,11-16H2,1-2H3/t18-/m0/s1. The number of carbonyl (C=O) groups excluding carboxylic acids is 1. The lowest BCUT2D eigenvalue weighted by Gasteiger charge is -2.40. The van der Waals surface area contributed by atoms with Crippen molar-refractivity contribution in [1.29, 1.82) is 0 Å². The van der Waals surface area contributed by atoms with Crippen molar-refractivity contribution in [1.82, 2.24) is 14.7 Å². The Morgan fingerprint density at radius 2 is 1.80 bits per heavy atom. The topological polar surface area (TPSA) is 36.0 Å². The minimum Gasteiger partial charge on any atom is -0.494 e. The van der Waals surface area contributed by atoms with Gasteiger partial charge < -0.3 is 14.5 Å². The molecule has 0 bridgehead atoms. The summed E-state index contributed by atoms with van der Waals surface area (Å²) in [6, 6.07) is 8.19. The number of likely N-dealkylation sites (tertiary alicyclic amines) is 1. The molecule has 138 valence electrons. The van der Waals surface area contributed by atoms with Gasteiger partial charge in [0.1, 0.15) is 5.75 Å². The van der Waals surface area contributed by atoms with Crippen molar-refractivity contribution < 1.29 is 9.53 Å². The van der Waals surface area contributed by atoms with Crippen LogP contribution < -0.4 is 4.74 Å². The number of piperidine rings is 1. The van der Waals surface area contributed by atoms with Crippen molar-refractivity contribution >= 4 is 5.91 Å². The first-order valence-corrected chi connectivity index (χ1v) is 9.62. The third kappa shape index (κ3) is 4.73. The van der Waals surface area contributed by atoms with Crippen molar-refractivity contribution in [2.24, 2.45) is 0 Å². The summed E-state index contributed by atoms with van der Waals surface area (Å²) in [6.07, 6.45) is 3.99. The van der Waals surface area contributed by atoms with Gasteiger partial charge in [0.15, 0.2) is 0 Å². The van der Waals surface area contributed by atoms with Crippen LogP contribution in [0, 0.1) is 0 Å². The van der Waals surface area contributed by atoms with E-state index in [9.17, 15) is 4.79 Å². The minimum absolute atomic E-state index is 0.137. The predicted molar refractivity (Wildman–Crippen MR) is 100 cm³/mol. The average Bonchev–Trinajstić information content (AvgIpc) is 2.65. The summed E-state index contributed by atoms with van der Waals surface area (Å²) in [6.45, 7) is 8.57. The van der Waals surface area contributed by atoms with Crippen molar-refractivity contribution in [3.05, 3.63) is 29.8 Å². The van der Waals surface area contributed by atoms with Gasteiger partial charge in [0.05, 0.1) is 6.61 Å². The number of hydrogen-bond acceptors (Lipinski definition) is 4. The summed E-state index contributed by atoms with van der Waals surface area (Å²) >= 11 is 0. The fourth-order valence-electron chi connectivity index (χ4n) is 3.85. The zero-order valence-corrected chi connectivity index (χ0v) is 15.6. The molecule has 0 saturated carbocycles. The zero-order chi connectivity index (χ0) is 17.6. The van der Waals surface area contributed by atoms with Gasteiger partial charge in [0.25, 0.3) is 5.91 Å². The molecule has 1 aromatic rings. The Hall–Kier alpha value is -1.59. The molecule has 1 amide bonds. The van der Waals surface area contributed by atoms with E-state index < -0.39 is 0 Å². The van der Waals surface area contributed by atoms with Gasteiger partial charge in [-0.15, -0.1) is 0 Å². The summed E-state index contributed by atoms with van der Waals surface area (Å²) in [7, 11) is 2.25. The van der Waals surface area contributed by atoms with Crippen molar-refractivity contribution in [3.63, 3.8) is 0 Å². The van der Waals surface area contributed by atoms with Gasteiger partial charge in [-0.2, -0.15) is 0 Å². The van der Waals surface area contributed by atoms with Crippen LogP contribution in [0.1, 0.15) is 36.5 Å². The molecule has 1 atom stereocenters. The van der Waals surface area contributed by atoms with Gasteiger partial charge in [-0.1, -0.05) is 6.42 Å². The lowest BCUT2D eigenvalue weighted by atomic mass is 10.0. The molecule has 0 spiro atoms. The Kier molecular flexibility index (Phi) is 6.32. The highest BCUT2D eigenvalue weighted by atomic mass is 16.5. The van der Waals surface area contributed by atoms with Crippen LogP contribution in [0.4, 0.5) is 0 Å². The second-order valence-electron chi connectivity index (χ2n) is 7.18. The fourth-order valence-corrected chi connectivity index (χ4v) is 3.85. The molecule has 0 unspecified atom stereocenters. The Morgan fingerprint density at radius 3 is 2.44 bits per heavy atom. The first-order chi connectivity index (χ1) is 12.2. The molecule has 2 saturated heterocycles. The van der Waals surface area contributed by atoms with Crippen LogP contribution in [-0.4, -0.2) is 79.6 Å². The molecule has 2 heterocycles. The normalized spacial score (nSPS) is 22.8. The van der Waals surface area contributed by atoms with Crippen molar-refractivity contribution in [3.8, 4) is 5.75 Å². The summed E-state index contributed by atoms with van der Waals surface area (Å²) < 4.78 is 5.45. The van der Waals surface area contributed by atoms with Crippen LogP contribution in [-0.2, 0) is 0 Å². The molecular weight excluding hydrogens is 314 g/mol. The maximum Gasteiger partial charge on any atom is 0.253 e. The molecule has 2 fully saturated rings. The van der Waals surface area contributed by atoms with Crippen LogP contribution >= 0.6 is 0 Å². The highest BCUT2D eigenvalue weighted by Crippen LogP contribution is 2.18. The van der Waals surface area contributed by atoms with E-state index in [1.165, 1.54) is 25.8 Å². The van der Waals surface area contributed by atoms with Crippen molar-refractivity contribution in [2.45, 2.75) is 32.2 Å². The molecule has 3 rings (SSSR count). The highest BCUT2D eigenvalue weighted by molar-refractivity contribution is 5.94. The molecule has 0 radical (unpaired) electrons. The number of nitrogens with zero attached hydrogens (tertiary/aromatic N) is 3. The summed E-state index contributed by atoms with van der Waals surface area (Å²) in [5, 5.41) is 0. The lowest BCUT2D eigenvalue weighted by molar-refractivity contribution is 0.0565. The van der Waals surface area contributed by atoms with Gasteiger partial charge in [-0.25, -0.2) is 0 Å². The Balaban J connectivity index is 1.48. The molecular formula is C20H31N3O2. The molecule has 0 aromatic heterocycles. The summed E-state index contributed by atoms with van der Waals surface area (Å²) in [4.78, 5) is 19.7. The van der Waals surface area contributed by atoms with Crippen LogP contribution in [0.3, 0.4) is 0 Å².